The van der Waals surface area contributed by atoms with Gasteiger partial charge in [0.1, 0.15) is 6.54 Å². The third-order valence-electron chi connectivity index (χ3n) is 4.28. The van der Waals surface area contributed by atoms with Gasteiger partial charge in [-0.1, -0.05) is 17.7 Å². The van der Waals surface area contributed by atoms with E-state index < -0.39 is 5.54 Å². The van der Waals surface area contributed by atoms with E-state index in [1.54, 1.807) is 0 Å². The van der Waals surface area contributed by atoms with Gasteiger partial charge in [0.25, 0.3) is 0 Å². The number of aliphatic hydroxyl groups is 1. The van der Waals surface area contributed by atoms with Crippen molar-refractivity contribution in [3.05, 3.63) is 35.5 Å². The van der Waals surface area contributed by atoms with Crippen LogP contribution in [0.1, 0.15) is 19.8 Å². The summed E-state index contributed by atoms with van der Waals surface area (Å²) in [7, 11) is 0. The molecule has 0 spiro atoms. The highest BCUT2D eigenvalue weighted by atomic mass is 35.5. The summed E-state index contributed by atoms with van der Waals surface area (Å²) in [5.74, 6) is 0.304. The van der Waals surface area contributed by atoms with Gasteiger partial charge in [0.05, 0.1) is 12.1 Å². The molecule has 1 fully saturated rings. The van der Waals surface area contributed by atoms with Crippen molar-refractivity contribution in [1.82, 2.24) is 9.88 Å². The second kappa shape index (κ2) is 5.35. The van der Waals surface area contributed by atoms with Crippen LogP contribution in [0.5, 0.6) is 0 Å². The van der Waals surface area contributed by atoms with Crippen LogP contribution in [-0.4, -0.2) is 27.7 Å². The molecule has 0 bridgehead atoms. The van der Waals surface area contributed by atoms with E-state index in [9.17, 15) is 9.90 Å². The lowest BCUT2D eigenvalue weighted by atomic mass is 9.97. The molecule has 4 nitrogen and oxygen atoms in total. The quantitative estimate of drug-likeness (QED) is 0.892. The lowest BCUT2D eigenvalue weighted by molar-refractivity contribution is -0.124. The van der Waals surface area contributed by atoms with E-state index >= 15 is 0 Å². The number of fused-ring (bicyclic) bond motifs is 1. The fourth-order valence-corrected chi connectivity index (χ4v) is 2.97. The Bertz CT molecular complexity index is 678. The highest BCUT2D eigenvalue weighted by Crippen LogP contribution is 2.39. The molecule has 0 radical (unpaired) electrons. The normalized spacial score (nSPS) is 17.7. The maximum Gasteiger partial charge on any atom is 0.240 e. The largest absolute Gasteiger partial charge is 0.394 e. The molecule has 112 valence electrons. The number of carbonyl (C=O) groups is 1. The molecule has 1 amide bonds. The molecular weight excluding hydrogens is 288 g/mol. The first-order valence-corrected chi connectivity index (χ1v) is 7.56. The topological polar surface area (TPSA) is 54.3 Å². The number of nitrogens with zero attached hydrogens (tertiary/aromatic N) is 1. The van der Waals surface area contributed by atoms with E-state index in [2.05, 4.69) is 5.32 Å². The second-order valence-electron chi connectivity index (χ2n) is 6.04. The van der Waals surface area contributed by atoms with Crippen LogP contribution in [0.3, 0.4) is 0 Å². The molecule has 0 aliphatic heterocycles. The molecule has 1 aliphatic rings. The molecule has 1 atom stereocenters. The average molecular weight is 307 g/mol. The first-order valence-electron chi connectivity index (χ1n) is 7.18. The van der Waals surface area contributed by atoms with Gasteiger partial charge in [-0.05, 0) is 49.3 Å². The van der Waals surface area contributed by atoms with Crippen molar-refractivity contribution in [2.24, 2.45) is 5.92 Å². The molecule has 2 N–H and O–H groups in total. The summed E-state index contributed by atoms with van der Waals surface area (Å²) in [4.78, 5) is 12.3. The third-order valence-corrected chi connectivity index (χ3v) is 4.52. The van der Waals surface area contributed by atoms with E-state index in [1.807, 2.05) is 42.0 Å². The molecule has 2 aromatic rings. The highest BCUT2D eigenvalue weighted by Gasteiger charge is 2.42. The molecule has 1 aromatic carbocycles. The Kier molecular flexibility index (Phi) is 3.68. The highest BCUT2D eigenvalue weighted by molar-refractivity contribution is 6.31. The molecule has 1 unspecified atom stereocenters. The minimum absolute atomic E-state index is 0.0261. The maximum atomic E-state index is 12.3. The van der Waals surface area contributed by atoms with Gasteiger partial charge in [-0.2, -0.15) is 0 Å². The molecule has 1 aromatic heterocycles. The fourth-order valence-electron chi connectivity index (χ4n) is 2.80. The van der Waals surface area contributed by atoms with Gasteiger partial charge in [-0.25, -0.2) is 0 Å². The number of amides is 1. The number of aliphatic hydroxyl groups excluding tert-OH is 1. The zero-order valence-electron chi connectivity index (χ0n) is 12.0. The van der Waals surface area contributed by atoms with Gasteiger partial charge in [0, 0.05) is 16.7 Å². The molecular formula is C16H19ClN2O2. The van der Waals surface area contributed by atoms with Crippen LogP contribution in [0.15, 0.2) is 30.5 Å². The molecule has 21 heavy (non-hydrogen) atoms. The summed E-state index contributed by atoms with van der Waals surface area (Å²) < 4.78 is 1.88. The van der Waals surface area contributed by atoms with Crippen molar-refractivity contribution < 1.29 is 9.90 Å². The van der Waals surface area contributed by atoms with E-state index in [4.69, 9.17) is 11.6 Å². The number of halogens is 1. The molecule has 1 heterocycles. The maximum absolute atomic E-state index is 12.3. The Morgan fingerprint density at radius 3 is 2.90 bits per heavy atom. The monoisotopic (exact) mass is 306 g/mol. The number of hydrogen-bond donors (Lipinski definition) is 2. The summed E-state index contributed by atoms with van der Waals surface area (Å²) in [6.45, 7) is 2.11. The van der Waals surface area contributed by atoms with Crippen LogP contribution < -0.4 is 5.32 Å². The van der Waals surface area contributed by atoms with Crippen molar-refractivity contribution in [2.75, 3.05) is 6.61 Å². The van der Waals surface area contributed by atoms with Crippen LogP contribution in [0.25, 0.3) is 10.9 Å². The average Bonchev–Trinajstić information content (AvgIpc) is 3.24. The lowest BCUT2D eigenvalue weighted by Crippen LogP contribution is -2.51. The van der Waals surface area contributed by atoms with Gasteiger partial charge in [0.15, 0.2) is 0 Å². The van der Waals surface area contributed by atoms with Crippen LogP contribution >= 0.6 is 11.6 Å². The summed E-state index contributed by atoms with van der Waals surface area (Å²) in [6.07, 6.45) is 4.02. The van der Waals surface area contributed by atoms with E-state index in [0.717, 1.165) is 23.7 Å². The van der Waals surface area contributed by atoms with Gasteiger partial charge in [0.2, 0.25) is 5.91 Å². The SMILES string of the molecule is CC(CO)(NC(=O)Cn1ccc2ccc(Cl)cc21)C1CC1. The Morgan fingerprint density at radius 2 is 2.24 bits per heavy atom. The number of benzene rings is 1. The number of carbonyl (C=O) groups excluding carboxylic acids is 1. The Balaban J connectivity index is 1.75. The first-order chi connectivity index (χ1) is 10.0. The molecule has 5 heteroatoms. The number of aromatic nitrogens is 1. The van der Waals surface area contributed by atoms with E-state index in [1.165, 1.54) is 0 Å². The lowest BCUT2D eigenvalue weighted by Gasteiger charge is -2.28. The minimum atomic E-state index is -0.502. The second-order valence-corrected chi connectivity index (χ2v) is 6.48. The van der Waals surface area contributed by atoms with Crippen molar-refractivity contribution in [3.8, 4) is 0 Å². The van der Waals surface area contributed by atoms with Crippen molar-refractivity contribution >= 4 is 28.4 Å². The fraction of sp³-hybridized carbons (Fsp3) is 0.438. The molecule has 1 saturated carbocycles. The van der Waals surface area contributed by atoms with Crippen molar-refractivity contribution in [1.29, 1.82) is 0 Å². The van der Waals surface area contributed by atoms with Crippen molar-refractivity contribution in [2.45, 2.75) is 31.8 Å². The smallest absolute Gasteiger partial charge is 0.240 e. The Morgan fingerprint density at radius 1 is 1.48 bits per heavy atom. The van der Waals surface area contributed by atoms with Gasteiger partial charge in [-0.3, -0.25) is 4.79 Å². The molecule has 1 aliphatic carbocycles. The van der Waals surface area contributed by atoms with Gasteiger partial charge >= 0.3 is 0 Å². The predicted molar refractivity (Wildman–Crippen MR) is 83.3 cm³/mol. The van der Waals surface area contributed by atoms with Crippen LogP contribution in [-0.2, 0) is 11.3 Å². The summed E-state index contributed by atoms with van der Waals surface area (Å²) in [5.41, 5.74) is 0.437. The molecule has 3 rings (SSSR count). The van der Waals surface area contributed by atoms with Gasteiger partial charge in [-0.15, -0.1) is 0 Å². The van der Waals surface area contributed by atoms with Crippen LogP contribution in [0, 0.1) is 5.92 Å². The van der Waals surface area contributed by atoms with E-state index in [0.29, 0.717) is 10.9 Å². The van der Waals surface area contributed by atoms with E-state index in [-0.39, 0.29) is 19.1 Å². The summed E-state index contributed by atoms with van der Waals surface area (Å²) in [6, 6.07) is 7.60. The minimum Gasteiger partial charge on any atom is -0.394 e. The number of nitrogens with one attached hydrogen (secondary N) is 1. The zero-order chi connectivity index (χ0) is 15.0. The van der Waals surface area contributed by atoms with Crippen LogP contribution in [0.2, 0.25) is 5.02 Å². The Labute approximate surface area is 128 Å². The van der Waals surface area contributed by atoms with Crippen LogP contribution in [0.4, 0.5) is 0 Å². The van der Waals surface area contributed by atoms with Crippen molar-refractivity contribution in [3.63, 3.8) is 0 Å². The predicted octanol–water partition coefficient (Wildman–Crippen LogP) is 2.57. The number of hydrogen-bond acceptors (Lipinski definition) is 2. The standard InChI is InChI=1S/C16H19ClN2O2/c1-16(10-20,12-3-4-12)18-15(21)9-19-7-6-11-2-5-13(17)8-14(11)19/h2,5-8,12,20H,3-4,9-10H2,1H3,(H,18,21). The number of rotatable bonds is 5. The summed E-state index contributed by atoms with van der Waals surface area (Å²) >= 11 is 6.02. The summed E-state index contributed by atoms with van der Waals surface area (Å²) in [5, 5.41) is 14.2. The Hall–Kier alpha value is -1.52. The molecule has 0 saturated heterocycles. The van der Waals surface area contributed by atoms with Gasteiger partial charge < -0.3 is 15.0 Å². The first kappa shape index (κ1) is 14.4. The zero-order valence-corrected chi connectivity index (χ0v) is 12.7. The third kappa shape index (κ3) is 2.92.